The molecule has 0 radical (unpaired) electrons. The van der Waals surface area contributed by atoms with E-state index in [-0.39, 0.29) is 5.78 Å². The summed E-state index contributed by atoms with van der Waals surface area (Å²) in [6, 6.07) is 15.2. The molecular weight excluding hydrogens is 288 g/mol. The van der Waals surface area contributed by atoms with Gasteiger partial charge in [-0.3, -0.25) is 4.79 Å². The summed E-state index contributed by atoms with van der Waals surface area (Å²) >= 11 is 0. The smallest absolute Gasteiger partial charge is 0.251 e. The Morgan fingerprint density at radius 3 is 2.48 bits per heavy atom. The molecule has 3 heteroatoms. The molecule has 0 atom stereocenters. The minimum Gasteiger partial charge on any atom is -0.448 e. The van der Waals surface area contributed by atoms with E-state index in [9.17, 15) is 4.79 Å². The molecule has 2 aromatic carbocycles. The van der Waals surface area contributed by atoms with Crippen molar-refractivity contribution in [2.45, 2.75) is 44.3 Å². The highest BCUT2D eigenvalue weighted by Crippen LogP contribution is 2.47. The lowest BCUT2D eigenvalue weighted by atomic mass is 9.94. The van der Waals surface area contributed by atoms with E-state index in [1.807, 2.05) is 48.5 Å². The van der Waals surface area contributed by atoms with E-state index in [0.717, 1.165) is 48.3 Å². The third kappa shape index (κ3) is 2.72. The van der Waals surface area contributed by atoms with Crippen LogP contribution in [0, 0.1) is 0 Å². The van der Waals surface area contributed by atoms with Crippen LogP contribution in [0.25, 0.3) is 0 Å². The molecular formula is C20H20O3. The summed E-state index contributed by atoms with van der Waals surface area (Å²) in [5.41, 5.74) is 1.65. The van der Waals surface area contributed by atoms with E-state index in [2.05, 4.69) is 0 Å². The maximum atomic E-state index is 12.5. The predicted octanol–water partition coefficient (Wildman–Crippen LogP) is 4.54. The van der Waals surface area contributed by atoms with Gasteiger partial charge in [-0.15, -0.1) is 0 Å². The van der Waals surface area contributed by atoms with Crippen molar-refractivity contribution in [2.75, 3.05) is 0 Å². The zero-order chi connectivity index (χ0) is 15.7. The van der Waals surface area contributed by atoms with Crippen molar-refractivity contribution in [1.82, 2.24) is 0 Å². The summed E-state index contributed by atoms with van der Waals surface area (Å²) < 4.78 is 12.4. The van der Waals surface area contributed by atoms with Gasteiger partial charge >= 0.3 is 0 Å². The lowest BCUT2D eigenvalue weighted by Crippen LogP contribution is -2.40. The van der Waals surface area contributed by atoms with Crippen molar-refractivity contribution in [3.05, 3.63) is 59.7 Å². The highest BCUT2D eigenvalue weighted by molar-refractivity contribution is 5.97. The van der Waals surface area contributed by atoms with E-state index in [0.29, 0.717) is 6.42 Å². The third-order valence-corrected chi connectivity index (χ3v) is 4.71. The summed E-state index contributed by atoms with van der Waals surface area (Å²) in [4.78, 5) is 12.5. The van der Waals surface area contributed by atoms with Gasteiger partial charge < -0.3 is 9.47 Å². The minimum atomic E-state index is -0.494. The fourth-order valence-corrected chi connectivity index (χ4v) is 3.50. The predicted molar refractivity (Wildman–Crippen MR) is 88.0 cm³/mol. The van der Waals surface area contributed by atoms with Crippen molar-refractivity contribution < 1.29 is 14.3 Å². The number of hydrogen-bond donors (Lipinski definition) is 0. The lowest BCUT2D eigenvalue weighted by molar-refractivity contribution is -0.105. The second-order valence-corrected chi connectivity index (χ2v) is 6.39. The topological polar surface area (TPSA) is 35.5 Å². The van der Waals surface area contributed by atoms with E-state index >= 15 is 0 Å². The average molecular weight is 308 g/mol. The van der Waals surface area contributed by atoms with Crippen LogP contribution in [0.15, 0.2) is 48.5 Å². The molecule has 1 heterocycles. The Kier molecular flexibility index (Phi) is 3.56. The molecule has 1 aliphatic carbocycles. The second kappa shape index (κ2) is 5.73. The summed E-state index contributed by atoms with van der Waals surface area (Å²) in [6.07, 6.45) is 5.69. The van der Waals surface area contributed by atoms with E-state index in [1.165, 1.54) is 6.42 Å². The quantitative estimate of drug-likeness (QED) is 0.781. The third-order valence-electron chi connectivity index (χ3n) is 4.71. The molecule has 1 saturated carbocycles. The van der Waals surface area contributed by atoms with Gasteiger partial charge in [0.25, 0.3) is 5.79 Å². The molecule has 0 bridgehead atoms. The van der Waals surface area contributed by atoms with E-state index in [4.69, 9.17) is 9.47 Å². The number of hydrogen-bond acceptors (Lipinski definition) is 3. The largest absolute Gasteiger partial charge is 0.448 e. The average Bonchev–Trinajstić information content (AvgIpc) is 2.95. The molecule has 0 N–H and O–H groups in total. The van der Waals surface area contributed by atoms with Crippen molar-refractivity contribution in [2.24, 2.45) is 0 Å². The molecule has 1 aliphatic heterocycles. The van der Waals surface area contributed by atoms with Crippen LogP contribution in [0.3, 0.4) is 0 Å². The molecule has 2 aromatic rings. The van der Waals surface area contributed by atoms with Crippen molar-refractivity contribution >= 4 is 5.78 Å². The lowest BCUT2D eigenvalue weighted by Gasteiger charge is -2.31. The van der Waals surface area contributed by atoms with Gasteiger partial charge in [-0.05, 0) is 18.9 Å². The van der Waals surface area contributed by atoms with Gasteiger partial charge in [0.05, 0.1) is 0 Å². The number of ketones is 1. The summed E-state index contributed by atoms with van der Waals surface area (Å²) in [5.74, 6) is 1.16. The number of ether oxygens (including phenoxy) is 2. The Hall–Kier alpha value is -2.29. The standard InChI is InChI=1S/C20H20O3/c21-17(15-8-3-1-4-9-15)14-16-10-7-11-18-19(16)23-20(22-18)12-5-2-6-13-20/h1,3-4,7-11H,2,5-6,12-14H2. The number of carbonyl (C=O) groups is 1. The summed E-state index contributed by atoms with van der Waals surface area (Å²) in [5, 5.41) is 0. The first-order valence-electron chi connectivity index (χ1n) is 8.34. The Morgan fingerprint density at radius 1 is 0.913 bits per heavy atom. The van der Waals surface area contributed by atoms with Crippen molar-refractivity contribution in [3.8, 4) is 11.5 Å². The van der Waals surface area contributed by atoms with Crippen LogP contribution in [0.1, 0.15) is 48.0 Å². The zero-order valence-electron chi connectivity index (χ0n) is 13.1. The SMILES string of the molecule is O=C(Cc1cccc2c1OC1(CCCCC1)O2)c1ccccc1. The van der Waals surface area contributed by atoms with Crippen LogP contribution in [0.4, 0.5) is 0 Å². The molecule has 0 unspecified atom stereocenters. The fourth-order valence-electron chi connectivity index (χ4n) is 3.50. The van der Waals surface area contributed by atoms with Crippen LogP contribution < -0.4 is 9.47 Å². The maximum Gasteiger partial charge on any atom is 0.251 e. The normalized spacial score (nSPS) is 18.1. The molecule has 23 heavy (non-hydrogen) atoms. The van der Waals surface area contributed by atoms with Crippen molar-refractivity contribution in [1.29, 1.82) is 0 Å². The number of Topliss-reactive ketones (excluding diaryl/α,β-unsaturated/α-hetero) is 1. The Bertz CT molecular complexity index is 715. The molecule has 1 spiro atoms. The van der Waals surface area contributed by atoms with Crippen LogP contribution in [-0.2, 0) is 6.42 Å². The van der Waals surface area contributed by atoms with Crippen molar-refractivity contribution in [3.63, 3.8) is 0 Å². The van der Waals surface area contributed by atoms with Crippen LogP contribution >= 0.6 is 0 Å². The first-order valence-corrected chi connectivity index (χ1v) is 8.34. The van der Waals surface area contributed by atoms with Gasteiger partial charge in [-0.2, -0.15) is 0 Å². The molecule has 4 rings (SSSR count). The van der Waals surface area contributed by atoms with Gasteiger partial charge in [0.15, 0.2) is 17.3 Å². The molecule has 3 nitrogen and oxygen atoms in total. The van der Waals surface area contributed by atoms with Gasteiger partial charge in [0, 0.05) is 30.4 Å². The number of benzene rings is 2. The molecule has 0 aromatic heterocycles. The Morgan fingerprint density at radius 2 is 1.70 bits per heavy atom. The fraction of sp³-hybridized carbons (Fsp3) is 0.350. The highest BCUT2D eigenvalue weighted by atomic mass is 16.7. The monoisotopic (exact) mass is 308 g/mol. The van der Waals surface area contributed by atoms with Crippen LogP contribution in [-0.4, -0.2) is 11.6 Å². The highest BCUT2D eigenvalue weighted by Gasteiger charge is 2.43. The van der Waals surface area contributed by atoms with E-state index < -0.39 is 5.79 Å². The Labute approximate surface area is 136 Å². The van der Waals surface area contributed by atoms with Gasteiger partial charge in [0.1, 0.15) is 0 Å². The molecule has 2 aliphatic rings. The second-order valence-electron chi connectivity index (χ2n) is 6.39. The molecule has 1 fully saturated rings. The summed E-state index contributed by atoms with van der Waals surface area (Å²) in [6.45, 7) is 0. The first-order chi connectivity index (χ1) is 11.3. The number of carbonyl (C=O) groups excluding carboxylic acids is 1. The molecule has 0 saturated heterocycles. The first kappa shape index (κ1) is 14.3. The van der Waals surface area contributed by atoms with Crippen LogP contribution in [0.5, 0.6) is 11.5 Å². The molecule has 118 valence electrons. The molecule has 0 amide bonds. The number of para-hydroxylation sites is 1. The maximum absolute atomic E-state index is 12.5. The zero-order valence-corrected chi connectivity index (χ0v) is 13.1. The Balaban J connectivity index is 1.58. The number of rotatable bonds is 3. The van der Waals surface area contributed by atoms with Gasteiger partial charge in [-0.1, -0.05) is 48.9 Å². The van der Waals surface area contributed by atoms with Crippen LogP contribution in [0.2, 0.25) is 0 Å². The number of fused-ring (bicyclic) bond motifs is 1. The minimum absolute atomic E-state index is 0.104. The van der Waals surface area contributed by atoms with Gasteiger partial charge in [-0.25, -0.2) is 0 Å². The van der Waals surface area contributed by atoms with Gasteiger partial charge in [0.2, 0.25) is 0 Å². The van der Waals surface area contributed by atoms with E-state index in [1.54, 1.807) is 0 Å². The summed E-state index contributed by atoms with van der Waals surface area (Å²) in [7, 11) is 0.